The van der Waals surface area contributed by atoms with Crippen LogP contribution in [0.25, 0.3) is 11.0 Å². The Morgan fingerprint density at radius 2 is 2.22 bits per heavy atom. The molecule has 1 N–H and O–H groups in total. The van der Waals surface area contributed by atoms with E-state index in [9.17, 15) is 13.6 Å². The smallest absolute Gasteiger partial charge is 0.182 e. The number of rotatable bonds is 4. The van der Waals surface area contributed by atoms with Gasteiger partial charge in [0.05, 0.1) is 23.3 Å². The Kier molecular flexibility index (Phi) is 3.43. The number of ketones is 1. The minimum atomic E-state index is -0.814. The number of hydrogen-bond acceptors (Lipinski definition) is 3. The van der Waals surface area contributed by atoms with Crippen molar-refractivity contribution in [2.75, 3.05) is 6.54 Å². The van der Waals surface area contributed by atoms with Crippen molar-refractivity contribution in [2.45, 2.75) is 19.9 Å². The maximum Gasteiger partial charge on any atom is 0.182 e. The van der Waals surface area contributed by atoms with Crippen LogP contribution >= 0.6 is 0 Å². The van der Waals surface area contributed by atoms with Crippen molar-refractivity contribution < 1.29 is 18.0 Å². The van der Waals surface area contributed by atoms with Crippen LogP contribution in [-0.2, 0) is 0 Å². The zero-order valence-corrected chi connectivity index (χ0v) is 10.1. The fourth-order valence-corrected chi connectivity index (χ4v) is 1.87. The number of benzene rings is 1. The van der Waals surface area contributed by atoms with Gasteiger partial charge in [-0.3, -0.25) is 4.79 Å². The van der Waals surface area contributed by atoms with Crippen LogP contribution in [0, 0.1) is 11.6 Å². The highest BCUT2D eigenvalue weighted by molar-refractivity contribution is 6.02. The van der Waals surface area contributed by atoms with Crippen molar-refractivity contribution in [1.82, 2.24) is 5.32 Å². The van der Waals surface area contributed by atoms with Crippen LogP contribution in [0.15, 0.2) is 22.8 Å². The van der Waals surface area contributed by atoms with Gasteiger partial charge in [0, 0.05) is 0 Å². The van der Waals surface area contributed by atoms with Gasteiger partial charge in [0.25, 0.3) is 0 Å². The highest BCUT2D eigenvalue weighted by Gasteiger charge is 2.23. The maximum atomic E-state index is 14.0. The van der Waals surface area contributed by atoms with E-state index < -0.39 is 23.5 Å². The molecule has 18 heavy (non-hydrogen) atoms. The summed E-state index contributed by atoms with van der Waals surface area (Å²) in [5, 5.41) is 2.90. The molecule has 0 bridgehead atoms. The SMILES string of the molecule is CCNC(C)C(=O)c1cc(F)c2ccoc2c1F. The standard InChI is InChI=1S/C13H13F2NO2/c1-3-16-7(2)12(17)9-6-10(14)8-4-5-18-13(8)11(9)15/h4-7,16H,3H2,1-2H3. The molecule has 0 aliphatic heterocycles. The molecule has 0 aliphatic carbocycles. The number of furan rings is 1. The Morgan fingerprint density at radius 1 is 1.50 bits per heavy atom. The molecular weight excluding hydrogens is 240 g/mol. The number of carbonyl (C=O) groups is 1. The first-order valence-electron chi connectivity index (χ1n) is 5.69. The predicted octanol–water partition coefficient (Wildman–Crippen LogP) is 2.89. The molecule has 0 spiro atoms. The summed E-state index contributed by atoms with van der Waals surface area (Å²) in [7, 11) is 0. The highest BCUT2D eigenvalue weighted by Crippen LogP contribution is 2.26. The minimum absolute atomic E-state index is 0.0418. The topological polar surface area (TPSA) is 42.2 Å². The molecular formula is C13H13F2NO2. The number of nitrogens with one attached hydrogen (secondary N) is 1. The molecule has 0 saturated heterocycles. The maximum absolute atomic E-state index is 14.0. The lowest BCUT2D eigenvalue weighted by atomic mass is 10.0. The molecule has 2 rings (SSSR count). The van der Waals surface area contributed by atoms with Gasteiger partial charge in [-0.1, -0.05) is 6.92 Å². The van der Waals surface area contributed by atoms with E-state index in [-0.39, 0.29) is 16.5 Å². The van der Waals surface area contributed by atoms with Crippen molar-refractivity contribution in [1.29, 1.82) is 0 Å². The van der Waals surface area contributed by atoms with Gasteiger partial charge >= 0.3 is 0 Å². The van der Waals surface area contributed by atoms with E-state index in [4.69, 9.17) is 4.42 Å². The lowest BCUT2D eigenvalue weighted by molar-refractivity contribution is 0.0947. The number of carbonyl (C=O) groups excluding carboxylic acids is 1. The van der Waals surface area contributed by atoms with Crippen LogP contribution in [0.3, 0.4) is 0 Å². The fourth-order valence-electron chi connectivity index (χ4n) is 1.87. The van der Waals surface area contributed by atoms with E-state index in [1.807, 2.05) is 6.92 Å². The van der Waals surface area contributed by atoms with Gasteiger partial charge in [-0.25, -0.2) is 8.78 Å². The van der Waals surface area contributed by atoms with Crippen molar-refractivity contribution in [3.8, 4) is 0 Å². The van der Waals surface area contributed by atoms with Crippen molar-refractivity contribution >= 4 is 16.8 Å². The molecule has 1 aromatic heterocycles. The van der Waals surface area contributed by atoms with Crippen molar-refractivity contribution in [2.24, 2.45) is 0 Å². The van der Waals surface area contributed by atoms with Crippen LogP contribution in [0.1, 0.15) is 24.2 Å². The number of Topliss-reactive ketones (excluding diaryl/α,β-unsaturated/α-hetero) is 1. The Bertz CT molecular complexity index is 592. The summed E-state index contributed by atoms with van der Waals surface area (Å²) in [6, 6.07) is 1.68. The second-order valence-corrected chi connectivity index (χ2v) is 4.03. The molecule has 0 amide bonds. The van der Waals surface area contributed by atoms with Gasteiger partial charge in [0.1, 0.15) is 5.82 Å². The summed E-state index contributed by atoms with van der Waals surface area (Å²) in [6.45, 7) is 4.01. The highest BCUT2D eigenvalue weighted by atomic mass is 19.1. The molecule has 5 heteroatoms. The van der Waals surface area contributed by atoms with Gasteiger partial charge in [0.2, 0.25) is 0 Å². The van der Waals surface area contributed by atoms with E-state index in [1.165, 1.54) is 12.3 Å². The van der Waals surface area contributed by atoms with Crippen LogP contribution in [-0.4, -0.2) is 18.4 Å². The van der Waals surface area contributed by atoms with Gasteiger partial charge in [-0.15, -0.1) is 0 Å². The molecule has 0 fully saturated rings. The second kappa shape index (κ2) is 4.86. The molecule has 96 valence electrons. The average Bonchev–Trinajstić information content (AvgIpc) is 2.83. The Hall–Kier alpha value is -1.75. The number of hydrogen-bond donors (Lipinski definition) is 1. The third-order valence-electron chi connectivity index (χ3n) is 2.80. The lowest BCUT2D eigenvalue weighted by Crippen LogP contribution is -2.34. The van der Waals surface area contributed by atoms with Crippen molar-refractivity contribution in [3.63, 3.8) is 0 Å². The average molecular weight is 253 g/mol. The largest absolute Gasteiger partial charge is 0.461 e. The molecule has 2 aromatic rings. The van der Waals surface area contributed by atoms with Crippen LogP contribution in [0.4, 0.5) is 8.78 Å². The Balaban J connectivity index is 2.51. The summed E-state index contributed by atoms with van der Waals surface area (Å²) in [6.07, 6.45) is 1.19. The first-order chi connectivity index (χ1) is 8.56. The molecule has 0 aliphatic rings. The zero-order valence-electron chi connectivity index (χ0n) is 10.1. The molecule has 0 radical (unpaired) electrons. The third-order valence-corrected chi connectivity index (χ3v) is 2.80. The first kappa shape index (κ1) is 12.7. The van der Waals surface area contributed by atoms with E-state index in [0.717, 1.165) is 6.07 Å². The third kappa shape index (κ3) is 2.01. The Labute approximate surface area is 103 Å². The molecule has 1 aromatic carbocycles. The quantitative estimate of drug-likeness (QED) is 0.852. The van der Waals surface area contributed by atoms with Gasteiger partial charge in [-0.2, -0.15) is 0 Å². The van der Waals surface area contributed by atoms with E-state index in [2.05, 4.69) is 5.32 Å². The molecule has 1 heterocycles. The lowest BCUT2D eigenvalue weighted by Gasteiger charge is -2.11. The van der Waals surface area contributed by atoms with Crippen LogP contribution in [0.2, 0.25) is 0 Å². The van der Waals surface area contributed by atoms with E-state index in [0.29, 0.717) is 6.54 Å². The summed E-state index contributed by atoms with van der Waals surface area (Å²) in [5.41, 5.74) is -0.509. The van der Waals surface area contributed by atoms with Crippen molar-refractivity contribution in [3.05, 3.63) is 35.6 Å². The van der Waals surface area contributed by atoms with Crippen LogP contribution in [0.5, 0.6) is 0 Å². The van der Waals surface area contributed by atoms with Gasteiger partial charge in [-0.05, 0) is 25.6 Å². The molecule has 1 atom stereocenters. The zero-order chi connectivity index (χ0) is 13.3. The molecule has 3 nitrogen and oxygen atoms in total. The summed E-state index contributed by atoms with van der Waals surface area (Å²) < 4.78 is 32.6. The van der Waals surface area contributed by atoms with Gasteiger partial charge in [0.15, 0.2) is 17.2 Å². The Morgan fingerprint density at radius 3 is 2.89 bits per heavy atom. The van der Waals surface area contributed by atoms with E-state index >= 15 is 0 Å². The van der Waals surface area contributed by atoms with Crippen LogP contribution < -0.4 is 5.32 Å². The van der Waals surface area contributed by atoms with E-state index in [1.54, 1.807) is 6.92 Å². The summed E-state index contributed by atoms with van der Waals surface area (Å²) in [4.78, 5) is 12.0. The fraction of sp³-hybridized carbons (Fsp3) is 0.308. The number of likely N-dealkylation sites (N-methyl/N-ethyl adjacent to an activating group) is 1. The predicted molar refractivity (Wildman–Crippen MR) is 63.6 cm³/mol. The number of fused-ring (bicyclic) bond motifs is 1. The minimum Gasteiger partial charge on any atom is -0.461 e. The first-order valence-corrected chi connectivity index (χ1v) is 5.69. The second-order valence-electron chi connectivity index (χ2n) is 4.03. The molecule has 0 saturated carbocycles. The monoisotopic (exact) mass is 253 g/mol. The normalized spacial score (nSPS) is 12.9. The number of halogens is 2. The molecule has 1 unspecified atom stereocenters. The van der Waals surface area contributed by atoms with Gasteiger partial charge < -0.3 is 9.73 Å². The summed E-state index contributed by atoms with van der Waals surface area (Å²) >= 11 is 0. The summed E-state index contributed by atoms with van der Waals surface area (Å²) in [5.74, 6) is -1.97.